The van der Waals surface area contributed by atoms with Crippen molar-refractivity contribution in [2.24, 2.45) is 4.99 Å². The van der Waals surface area contributed by atoms with E-state index >= 15 is 0 Å². The normalized spacial score (nSPS) is 15.1. The largest absolute Gasteiger partial charge is 0.463 e. The summed E-state index contributed by atoms with van der Waals surface area (Å²) in [6.07, 6.45) is 3.56. The second-order valence-corrected chi connectivity index (χ2v) is 15.1. The molecule has 0 bridgehead atoms. The molecule has 2 aromatic heterocycles. The van der Waals surface area contributed by atoms with Crippen LogP contribution in [-0.2, 0) is 0 Å². The first-order valence-corrected chi connectivity index (χ1v) is 15.5. The van der Waals surface area contributed by atoms with E-state index in [1.54, 1.807) is 6.26 Å². The highest BCUT2D eigenvalue weighted by atomic mass is 127. The minimum atomic E-state index is -1.49. The van der Waals surface area contributed by atoms with Gasteiger partial charge in [0.05, 0.1) is 29.4 Å². The van der Waals surface area contributed by atoms with Crippen LogP contribution in [0.1, 0.15) is 35.3 Å². The van der Waals surface area contributed by atoms with E-state index in [0.717, 1.165) is 45.2 Å². The Morgan fingerprint density at radius 1 is 1.03 bits per heavy atom. The number of hydrogen-bond donors (Lipinski definition) is 0. The van der Waals surface area contributed by atoms with Gasteiger partial charge in [0, 0.05) is 20.3 Å². The summed E-state index contributed by atoms with van der Waals surface area (Å²) in [5.74, 6) is 4.17. The average Bonchev–Trinajstić information content (AvgIpc) is 3.44. The van der Waals surface area contributed by atoms with Gasteiger partial charge in [0.1, 0.15) is 20.1 Å². The topological polar surface area (TPSA) is 43.3 Å². The lowest BCUT2D eigenvalue weighted by atomic mass is 9.98. The number of furan rings is 1. The Kier molecular flexibility index (Phi) is 5.63. The van der Waals surface area contributed by atoms with Crippen molar-refractivity contribution in [1.82, 2.24) is 9.55 Å². The second-order valence-electron chi connectivity index (χ2n) is 9.19. The third-order valence-electron chi connectivity index (χ3n) is 5.50. The van der Waals surface area contributed by atoms with E-state index in [1.807, 2.05) is 18.5 Å². The minimum absolute atomic E-state index is 0.109. The SMILES string of the molecule is C[C@H]1N=C(c2ccccc2I)c2cc(C#C[Si](C)(C)C)ccc2-n2cnc(-c3ccco3)c21. The highest BCUT2D eigenvalue weighted by Gasteiger charge is 2.28. The second kappa shape index (κ2) is 8.47. The van der Waals surface area contributed by atoms with Crippen molar-refractivity contribution in [2.45, 2.75) is 32.6 Å². The number of fused-ring (bicyclic) bond motifs is 3. The number of hydrogen-bond acceptors (Lipinski definition) is 3. The molecule has 1 aliphatic rings. The van der Waals surface area contributed by atoms with Gasteiger partial charge in [-0.25, -0.2) is 4.98 Å². The molecule has 5 rings (SSSR count). The molecule has 6 heteroatoms. The van der Waals surface area contributed by atoms with E-state index < -0.39 is 8.07 Å². The average molecular weight is 561 g/mol. The molecule has 3 heterocycles. The van der Waals surface area contributed by atoms with Gasteiger partial charge in [-0.1, -0.05) is 43.8 Å². The van der Waals surface area contributed by atoms with E-state index in [-0.39, 0.29) is 6.04 Å². The van der Waals surface area contributed by atoms with Crippen LogP contribution < -0.4 is 0 Å². The summed E-state index contributed by atoms with van der Waals surface area (Å²) >= 11 is 2.39. The summed E-state index contributed by atoms with van der Waals surface area (Å²) < 4.78 is 9.02. The number of nitrogens with zero attached hydrogens (tertiary/aromatic N) is 3. The van der Waals surface area contributed by atoms with E-state index in [9.17, 15) is 0 Å². The highest BCUT2D eigenvalue weighted by Crippen LogP contribution is 2.37. The monoisotopic (exact) mass is 561 g/mol. The third kappa shape index (κ3) is 4.23. The lowest BCUT2D eigenvalue weighted by Crippen LogP contribution is -2.16. The summed E-state index contributed by atoms with van der Waals surface area (Å²) in [4.78, 5) is 9.97. The summed E-state index contributed by atoms with van der Waals surface area (Å²) in [6, 6.07) is 18.5. The fourth-order valence-corrected chi connectivity index (χ4v) is 5.18. The first kappa shape index (κ1) is 21.9. The Morgan fingerprint density at radius 3 is 2.58 bits per heavy atom. The molecular weight excluding hydrogens is 537 g/mol. The van der Waals surface area contributed by atoms with Crippen LogP contribution in [0.4, 0.5) is 0 Å². The maximum atomic E-state index is 5.69. The van der Waals surface area contributed by atoms with Gasteiger partial charge in [-0.15, -0.1) is 5.54 Å². The molecule has 0 aliphatic carbocycles. The zero-order chi connectivity index (χ0) is 23.2. The van der Waals surface area contributed by atoms with Crippen molar-refractivity contribution in [3.63, 3.8) is 0 Å². The van der Waals surface area contributed by atoms with E-state index in [2.05, 4.69) is 108 Å². The van der Waals surface area contributed by atoms with Gasteiger partial charge in [0.15, 0.2) is 5.76 Å². The van der Waals surface area contributed by atoms with Crippen LogP contribution in [0.2, 0.25) is 19.6 Å². The number of benzene rings is 2. The molecule has 0 N–H and O–H groups in total. The van der Waals surface area contributed by atoms with Crippen molar-refractivity contribution in [3.8, 4) is 28.6 Å². The number of aromatic nitrogens is 2. The van der Waals surface area contributed by atoms with Crippen molar-refractivity contribution in [3.05, 3.63) is 93.1 Å². The smallest absolute Gasteiger partial charge is 0.154 e. The molecule has 0 saturated carbocycles. The van der Waals surface area contributed by atoms with Crippen molar-refractivity contribution in [2.75, 3.05) is 0 Å². The lowest BCUT2D eigenvalue weighted by molar-refractivity contribution is 0.578. The molecule has 4 nitrogen and oxygen atoms in total. The molecule has 0 amide bonds. The standard InChI is InChI=1S/C27H24IN3OSi/c1-18-27-26(24-10-7-14-32-24)29-17-31(27)23-12-11-19(13-15-33(2,3)4)16-21(23)25(30-18)20-8-5-6-9-22(20)28/h5-12,14,16-18H,1-4H3/t18-/m1/s1. The quantitative estimate of drug-likeness (QED) is 0.152. The molecule has 0 fully saturated rings. The minimum Gasteiger partial charge on any atom is -0.463 e. The van der Waals surface area contributed by atoms with E-state index in [0.29, 0.717) is 0 Å². The number of rotatable bonds is 2. The maximum Gasteiger partial charge on any atom is 0.154 e. The Balaban J connectivity index is 1.78. The van der Waals surface area contributed by atoms with Gasteiger partial charge in [-0.3, -0.25) is 9.56 Å². The summed E-state index contributed by atoms with van der Waals surface area (Å²) in [5.41, 5.74) is 10.6. The van der Waals surface area contributed by atoms with Gasteiger partial charge in [0.25, 0.3) is 0 Å². The van der Waals surface area contributed by atoms with Crippen molar-refractivity contribution < 1.29 is 4.42 Å². The number of halogens is 1. The molecule has 164 valence electrons. The molecule has 0 unspecified atom stereocenters. The van der Waals surface area contributed by atoms with Crippen LogP contribution in [0.5, 0.6) is 0 Å². The molecule has 1 atom stereocenters. The Labute approximate surface area is 208 Å². The molecule has 0 radical (unpaired) electrons. The third-order valence-corrected chi connectivity index (χ3v) is 7.32. The molecular formula is C27H24IN3OSi. The van der Waals surface area contributed by atoms with Crippen molar-refractivity contribution in [1.29, 1.82) is 0 Å². The fourth-order valence-electron chi connectivity index (χ4n) is 4.02. The fraction of sp³-hybridized carbons (Fsp3) is 0.185. The van der Waals surface area contributed by atoms with Gasteiger partial charge < -0.3 is 4.42 Å². The predicted molar refractivity (Wildman–Crippen MR) is 145 cm³/mol. The highest BCUT2D eigenvalue weighted by molar-refractivity contribution is 14.1. The Morgan fingerprint density at radius 2 is 1.85 bits per heavy atom. The number of imidazole rings is 1. The van der Waals surface area contributed by atoms with Gasteiger partial charge in [-0.2, -0.15) is 0 Å². The van der Waals surface area contributed by atoms with Crippen LogP contribution in [0.15, 0.2) is 76.6 Å². The lowest BCUT2D eigenvalue weighted by Gasteiger charge is -2.13. The molecule has 2 aromatic carbocycles. The van der Waals surface area contributed by atoms with E-state index in [1.165, 1.54) is 3.57 Å². The zero-order valence-corrected chi connectivity index (χ0v) is 22.2. The zero-order valence-electron chi connectivity index (χ0n) is 19.1. The van der Waals surface area contributed by atoms with Gasteiger partial charge >= 0.3 is 0 Å². The molecule has 4 aromatic rings. The summed E-state index contributed by atoms with van der Waals surface area (Å²) in [7, 11) is -1.49. The van der Waals surface area contributed by atoms with Crippen LogP contribution in [-0.4, -0.2) is 23.3 Å². The molecule has 1 aliphatic heterocycles. The van der Waals surface area contributed by atoms with Gasteiger partial charge in [-0.05, 0) is 65.9 Å². The van der Waals surface area contributed by atoms with Gasteiger partial charge in [0.2, 0.25) is 0 Å². The molecule has 0 saturated heterocycles. The molecule has 33 heavy (non-hydrogen) atoms. The van der Waals surface area contributed by atoms with Crippen molar-refractivity contribution >= 4 is 36.4 Å². The van der Waals surface area contributed by atoms with Crippen LogP contribution >= 0.6 is 22.6 Å². The Bertz CT molecular complexity index is 1430. The van der Waals surface area contributed by atoms with Crippen LogP contribution in [0, 0.1) is 15.0 Å². The summed E-state index contributed by atoms with van der Waals surface area (Å²) in [5, 5.41) is 0. The predicted octanol–water partition coefficient (Wildman–Crippen LogP) is 6.88. The molecule has 0 spiro atoms. The maximum absolute atomic E-state index is 5.69. The van der Waals surface area contributed by atoms with Crippen LogP contribution in [0.25, 0.3) is 17.1 Å². The first-order chi connectivity index (χ1) is 15.8. The van der Waals surface area contributed by atoms with E-state index in [4.69, 9.17) is 14.4 Å². The Hall–Kier alpha value is -2.89. The number of aliphatic imine (C=N–C) groups is 1. The summed E-state index contributed by atoms with van der Waals surface area (Å²) in [6.45, 7) is 8.91. The first-order valence-electron chi connectivity index (χ1n) is 10.9. The van der Waals surface area contributed by atoms with Crippen LogP contribution in [0.3, 0.4) is 0 Å².